The monoisotopic (exact) mass is 245 g/mol. The Morgan fingerprint density at radius 1 is 1.17 bits per heavy atom. The van der Waals surface area contributed by atoms with E-state index in [1.807, 2.05) is 32.3 Å². The summed E-state index contributed by atoms with van der Waals surface area (Å²) in [7, 11) is 4.07. The van der Waals surface area contributed by atoms with E-state index < -0.39 is 5.82 Å². The number of hydrogen-bond acceptors (Lipinski definition) is 3. The Morgan fingerprint density at radius 3 is 2.44 bits per heavy atom. The average Bonchev–Trinajstić information content (AvgIpc) is 2.38. The van der Waals surface area contributed by atoms with Crippen LogP contribution in [0.15, 0.2) is 36.7 Å². The molecule has 0 N–H and O–H groups in total. The van der Waals surface area contributed by atoms with E-state index in [1.165, 1.54) is 18.0 Å². The molecular weight excluding hydrogens is 229 g/mol. The first kappa shape index (κ1) is 12.6. The van der Waals surface area contributed by atoms with Crippen LogP contribution in [0.1, 0.15) is 18.5 Å². The van der Waals surface area contributed by atoms with Crippen LogP contribution in [-0.4, -0.2) is 29.0 Å². The molecule has 1 aromatic carbocycles. The van der Waals surface area contributed by atoms with Gasteiger partial charge in [0.1, 0.15) is 0 Å². The Kier molecular flexibility index (Phi) is 3.67. The summed E-state index contributed by atoms with van der Waals surface area (Å²) in [6.07, 6.45) is 2.37. The number of aromatic nitrogens is 2. The van der Waals surface area contributed by atoms with Gasteiger partial charge in [-0.2, -0.15) is 0 Å². The molecule has 0 aliphatic heterocycles. The molecule has 0 amide bonds. The van der Waals surface area contributed by atoms with Crippen LogP contribution in [0.4, 0.5) is 4.39 Å². The molecule has 1 heterocycles. The second kappa shape index (κ2) is 5.23. The van der Waals surface area contributed by atoms with Crippen molar-refractivity contribution < 1.29 is 4.39 Å². The van der Waals surface area contributed by atoms with Crippen molar-refractivity contribution in [3.8, 4) is 11.4 Å². The van der Waals surface area contributed by atoms with Crippen molar-refractivity contribution in [3.05, 3.63) is 48.0 Å². The highest BCUT2D eigenvalue weighted by atomic mass is 19.1. The summed E-state index contributed by atoms with van der Waals surface area (Å²) in [5.41, 5.74) is 2.09. The van der Waals surface area contributed by atoms with Crippen molar-refractivity contribution in [3.63, 3.8) is 0 Å². The van der Waals surface area contributed by atoms with Crippen molar-refractivity contribution in [2.24, 2.45) is 0 Å². The van der Waals surface area contributed by atoms with Gasteiger partial charge < -0.3 is 4.90 Å². The number of halogens is 1. The fraction of sp³-hybridized carbons (Fsp3) is 0.286. The summed E-state index contributed by atoms with van der Waals surface area (Å²) in [5, 5.41) is 0. The fourth-order valence-corrected chi connectivity index (χ4v) is 1.70. The first-order valence-electron chi connectivity index (χ1n) is 5.82. The van der Waals surface area contributed by atoms with Crippen molar-refractivity contribution in [1.82, 2.24) is 14.9 Å². The minimum atomic E-state index is -0.420. The number of rotatable bonds is 3. The second-order valence-corrected chi connectivity index (χ2v) is 4.49. The minimum Gasteiger partial charge on any atom is -0.303 e. The minimum absolute atomic E-state index is 0.311. The summed E-state index contributed by atoms with van der Waals surface area (Å²) in [6.45, 7) is 2.13. The number of benzene rings is 1. The van der Waals surface area contributed by atoms with Crippen LogP contribution in [0.2, 0.25) is 0 Å². The Balaban J connectivity index is 2.35. The highest BCUT2D eigenvalue weighted by molar-refractivity contribution is 5.55. The molecule has 2 rings (SSSR count). The summed E-state index contributed by atoms with van der Waals surface area (Å²) < 4.78 is 12.8. The van der Waals surface area contributed by atoms with Gasteiger partial charge in [0.2, 0.25) is 0 Å². The van der Waals surface area contributed by atoms with Crippen LogP contribution < -0.4 is 0 Å². The third-order valence-electron chi connectivity index (χ3n) is 3.02. The Hall–Kier alpha value is -1.81. The van der Waals surface area contributed by atoms with Crippen LogP contribution >= 0.6 is 0 Å². The predicted molar refractivity (Wildman–Crippen MR) is 69.5 cm³/mol. The molecule has 0 saturated heterocycles. The molecule has 0 bridgehead atoms. The van der Waals surface area contributed by atoms with E-state index in [-0.39, 0.29) is 0 Å². The number of hydrogen-bond donors (Lipinski definition) is 0. The zero-order chi connectivity index (χ0) is 13.1. The van der Waals surface area contributed by atoms with Gasteiger partial charge in [0.15, 0.2) is 11.6 Å². The first-order chi connectivity index (χ1) is 8.58. The molecule has 0 spiro atoms. The van der Waals surface area contributed by atoms with Gasteiger partial charge in [-0.1, -0.05) is 18.2 Å². The molecule has 1 aromatic heterocycles. The lowest BCUT2D eigenvalue weighted by Gasteiger charge is -2.20. The molecule has 0 aliphatic carbocycles. The topological polar surface area (TPSA) is 29.0 Å². The third kappa shape index (κ3) is 2.71. The van der Waals surface area contributed by atoms with Gasteiger partial charge >= 0.3 is 0 Å². The zero-order valence-corrected chi connectivity index (χ0v) is 10.8. The van der Waals surface area contributed by atoms with Gasteiger partial charge in [0, 0.05) is 11.6 Å². The normalized spacial score (nSPS) is 12.7. The van der Waals surface area contributed by atoms with Gasteiger partial charge in [0.05, 0.1) is 12.4 Å². The van der Waals surface area contributed by atoms with Crippen molar-refractivity contribution >= 4 is 0 Å². The van der Waals surface area contributed by atoms with E-state index in [1.54, 1.807) is 0 Å². The Bertz CT molecular complexity index is 523. The van der Waals surface area contributed by atoms with E-state index in [4.69, 9.17) is 0 Å². The Labute approximate surface area is 106 Å². The SMILES string of the molecule is CC(c1cccc(-c2ncc(F)cn2)c1)N(C)C. The molecule has 94 valence electrons. The Morgan fingerprint density at radius 2 is 1.83 bits per heavy atom. The zero-order valence-electron chi connectivity index (χ0n) is 10.8. The van der Waals surface area contributed by atoms with Crippen LogP contribution in [0.5, 0.6) is 0 Å². The highest BCUT2D eigenvalue weighted by Crippen LogP contribution is 2.22. The van der Waals surface area contributed by atoms with Crippen LogP contribution in [0.25, 0.3) is 11.4 Å². The second-order valence-electron chi connectivity index (χ2n) is 4.49. The molecule has 4 heteroatoms. The number of nitrogens with zero attached hydrogens (tertiary/aromatic N) is 3. The predicted octanol–water partition coefficient (Wildman–Crippen LogP) is 2.91. The van der Waals surface area contributed by atoms with Crippen molar-refractivity contribution in [2.75, 3.05) is 14.1 Å². The fourth-order valence-electron chi connectivity index (χ4n) is 1.70. The lowest BCUT2D eigenvalue weighted by Crippen LogP contribution is -2.16. The average molecular weight is 245 g/mol. The first-order valence-corrected chi connectivity index (χ1v) is 5.82. The lowest BCUT2D eigenvalue weighted by molar-refractivity contribution is 0.321. The summed E-state index contributed by atoms with van der Waals surface area (Å²) >= 11 is 0. The maximum absolute atomic E-state index is 12.8. The molecule has 0 saturated carbocycles. The van der Waals surface area contributed by atoms with E-state index in [9.17, 15) is 4.39 Å². The van der Waals surface area contributed by atoms with Crippen molar-refractivity contribution in [1.29, 1.82) is 0 Å². The van der Waals surface area contributed by atoms with E-state index in [0.717, 1.165) is 5.56 Å². The molecule has 1 unspecified atom stereocenters. The lowest BCUT2D eigenvalue weighted by atomic mass is 10.0. The van der Waals surface area contributed by atoms with Gasteiger partial charge in [-0.3, -0.25) is 0 Å². The summed E-state index contributed by atoms with van der Waals surface area (Å²) in [4.78, 5) is 10.1. The highest BCUT2D eigenvalue weighted by Gasteiger charge is 2.09. The van der Waals surface area contributed by atoms with Crippen LogP contribution in [0, 0.1) is 5.82 Å². The van der Waals surface area contributed by atoms with Gasteiger partial charge in [-0.25, -0.2) is 14.4 Å². The smallest absolute Gasteiger partial charge is 0.159 e. The van der Waals surface area contributed by atoms with Crippen LogP contribution in [-0.2, 0) is 0 Å². The third-order valence-corrected chi connectivity index (χ3v) is 3.02. The maximum Gasteiger partial charge on any atom is 0.159 e. The van der Waals surface area contributed by atoms with E-state index in [0.29, 0.717) is 11.9 Å². The molecule has 0 aliphatic rings. The molecule has 0 radical (unpaired) electrons. The molecule has 18 heavy (non-hydrogen) atoms. The molecule has 0 fully saturated rings. The van der Waals surface area contributed by atoms with Gasteiger partial charge in [-0.05, 0) is 32.6 Å². The van der Waals surface area contributed by atoms with E-state index in [2.05, 4.69) is 27.9 Å². The van der Waals surface area contributed by atoms with Crippen molar-refractivity contribution in [2.45, 2.75) is 13.0 Å². The van der Waals surface area contributed by atoms with Gasteiger partial charge in [0.25, 0.3) is 0 Å². The largest absolute Gasteiger partial charge is 0.303 e. The van der Waals surface area contributed by atoms with E-state index >= 15 is 0 Å². The standard InChI is InChI=1S/C14H16FN3/c1-10(18(2)3)11-5-4-6-12(7-11)14-16-8-13(15)9-17-14/h4-10H,1-3H3. The molecule has 3 nitrogen and oxygen atoms in total. The molecular formula is C14H16FN3. The molecule has 1 atom stereocenters. The quantitative estimate of drug-likeness (QED) is 0.832. The maximum atomic E-state index is 12.8. The van der Waals surface area contributed by atoms with Gasteiger partial charge in [-0.15, -0.1) is 0 Å². The molecule has 2 aromatic rings. The summed E-state index contributed by atoms with van der Waals surface area (Å²) in [5.74, 6) is 0.126. The summed E-state index contributed by atoms with van der Waals surface area (Å²) in [6, 6.07) is 8.32. The van der Waals surface area contributed by atoms with Crippen LogP contribution in [0.3, 0.4) is 0 Å².